The van der Waals surface area contributed by atoms with Gasteiger partial charge in [-0.3, -0.25) is 0 Å². The zero-order valence-electron chi connectivity index (χ0n) is 30.6. The van der Waals surface area contributed by atoms with Gasteiger partial charge in [-0.15, -0.1) is 0 Å². The topological polar surface area (TPSA) is 48.5 Å². The van der Waals surface area contributed by atoms with Gasteiger partial charge in [-0.05, 0) is 54.1 Å². The average Bonchev–Trinajstić information content (AvgIpc) is 3.79. The summed E-state index contributed by atoms with van der Waals surface area (Å²) in [4.78, 5) is 15.2. The zero-order chi connectivity index (χ0) is 37.9. The molecule has 268 valence electrons. The molecular weight excluding hydrogens is 702 g/mol. The van der Waals surface area contributed by atoms with Crippen LogP contribution in [0.3, 0.4) is 0 Å². The Morgan fingerprint density at radius 2 is 0.754 bits per heavy atom. The maximum absolute atomic E-state index is 15.8. The number of nitrogens with zero attached hydrogens (tertiary/aromatic N) is 5. The van der Waals surface area contributed by atoms with E-state index in [1.54, 1.807) is 6.07 Å². The van der Waals surface area contributed by atoms with Crippen LogP contribution in [-0.2, 0) is 0 Å². The van der Waals surface area contributed by atoms with Gasteiger partial charge in [0.1, 0.15) is 5.82 Å². The van der Waals surface area contributed by atoms with Gasteiger partial charge in [-0.1, -0.05) is 146 Å². The van der Waals surface area contributed by atoms with Crippen molar-refractivity contribution in [3.05, 3.63) is 200 Å². The first-order valence-corrected chi connectivity index (χ1v) is 19.0. The molecule has 0 saturated heterocycles. The maximum Gasteiger partial charge on any atom is 0.164 e. The number of fused-ring (bicyclic) bond motifs is 6. The molecule has 57 heavy (non-hydrogen) atoms. The Morgan fingerprint density at radius 3 is 1.33 bits per heavy atom. The first-order chi connectivity index (χ1) is 28.2. The lowest BCUT2D eigenvalue weighted by Gasteiger charge is -2.16. The van der Waals surface area contributed by atoms with Gasteiger partial charge in [-0.25, -0.2) is 19.3 Å². The third kappa shape index (κ3) is 5.41. The van der Waals surface area contributed by atoms with Crippen LogP contribution in [0.25, 0.3) is 100 Å². The summed E-state index contributed by atoms with van der Waals surface area (Å²) < 4.78 is 20.4. The molecule has 0 amide bonds. The van der Waals surface area contributed by atoms with Crippen molar-refractivity contribution in [2.45, 2.75) is 0 Å². The smallest absolute Gasteiger partial charge is 0.164 e. The zero-order valence-corrected chi connectivity index (χ0v) is 30.6. The molecule has 3 heterocycles. The van der Waals surface area contributed by atoms with Crippen LogP contribution in [0.15, 0.2) is 194 Å². The van der Waals surface area contributed by atoms with E-state index < -0.39 is 0 Å². The van der Waals surface area contributed by atoms with E-state index in [-0.39, 0.29) is 5.82 Å². The predicted molar refractivity (Wildman–Crippen MR) is 230 cm³/mol. The molecule has 0 fully saturated rings. The number of hydrogen-bond acceptors (Lipinski definition) is 3. The second-order valence-electron chi connectivity index (χ2n) is 14.2. The second-order valence-corrected chi connectivity index (χ2v) is 14.2. The summed E-state index contributed by atoms with van der Waals surface area (Å²) in [6.07, 6.45) is 0. The van der Waals surface area contributed by atoms with Crippen LogP contribution < -0.4 is 0 Å². The van der Waals surface area contributed by atoms with E-state index in [2.05, 4.69) is 112 Å². The summed E-state index contributed by atoms with van der Waals surface area (Å²) in [5.74, 6) is 1.21. The van der Waals surface area contributed by atoms with Crippen LogP contribution in [0.1, 0.15) is 0 Å². The van der Waals surface area contributed by atoms with Gasteiger partial charge in [0.05, 0.1) is 22.1 Å². The molecule has 0 spiro atoms. The minimum atomic E-state index is -0.320. The quantitative estimate of drug-likeness (QED) is 0.171. The van der Waals surface area contributed by atoms with Crippen LogP contribution in [0.2, 0.25) is 0 Å². The van der Waals surface area contributed by atoms with E-state index in [9.17, 15) is 0 Å². The van der Waals surface area contributed by atoms with E-state index in [0.29, 0.717) is 34.2 Å². The molecule has 0 unspecified atom stereocenters. The van der Waals surface area contributed by atoms with Crippen molar-refractivity contribution in [2.24, 2.45) is 0 Å². The Morgan fingerprint density at radius 1 is 0.316 bits per heavy atom. The number of aromatic nitrogens is 5. The lowest BCUT2D eigenvalue weighted by atomic mass is 9.97. The molecule has 0 aliphatic carbocycles. The van der Waals surface area contributed by atoms with Crippen LogP contribution >= 0.6 is 0 Å². The maximum atomic E-state index is 15.8. The number of benzene rings is 8. The Hall–Kier alpha value is -7.70. The van der Waals surface area contributed by atoms with Crippen molar-refractivity contribution < 1.29 is 4.39 Å². The van der Waals surface area contributed by atoms with Gasteiger partial charge < -0.3 is 9.13 Å². The molecule has 0 radical (unpaired) electrons. The highest BCUT2D eigenvalue weighted by molar-refractivity contribution is 6.12. The third-order valence-electron chi connectivity index (χ3n) is 10.9. The van der Waals surface area contributed by atoms with E-state index in [0.717, 1.165) is 55.3 Å². The van der Waals surface area contributed by atoms with Crippen LogP contribution in [0, 0.1) is 5.82 Å². The largest absolute Gasteiger partial charge is 0.309 e. The molecule has 11 aromatic rings. The number of rotatable bonds is 6. The third-order valence-corrected chi connectivity index (χ3v) is 10.9. The van der Waals surface area contributed by atoms with Gasteiger partial charge in [0.2, 0.25) is 0 Å². The van der Waals surface area contributed by atoms with Crippen LogP contribution in [0.5, 0.6) is 0 Å². The van der Waals surface area contributed by atoms with Crippen LogP contribution in [-0.4, -0.2) is 24.1 Å². The standard InChI is InChI=1S/C51H32FN5/c52-44-23-11-7-19-38(44)37-29-27-35(31-43(37)51-54-49(33-15-3-1-4-16-33)53-50(55-51)34-17-5-2-6-18-34)57-47-26-14-10-22-41(47)42-30-28-36(32-48(42)57)56-45-24-12-8-20-39(45)40-21-9-13-25-46(40)56/h1-32H. The van der Waals surface area contributed by atoms with E-state index >= 15 is 4.39 Å². The number of para-hydroxylation sites is 3. The van der Waals surface area contributed by atoms with E-state index in [1.165, 1.54) is 16.8 Å². The first kappa shape index (κ1) is 32.7. The molecule has 0 saturated carbocycles. The monoisotopic (exact) mass is 733 g/mol. The number of hydrogen-bond donors (Lipinski definition) is 0. The molecule has 3 aromatic heterocycles. The Balaban J connectivity index is 1.19. The minimum absolute atomic E-state index is 0.320. The highest BCUT2D eigenvalue weighted by Crippen LogP contribution is 2.40. The molecule has 0 bridgehead atoms. The summed E-state index contributed by atoms with van der Waals surface area (Å²) in [7, 11) is 0. The SMILES string of the molecule is Fc1ccccc1-c1ccc(-n2c3ccccc3c3ccc(-n4c5ccccc5c5ccccc54)cc32)cc1-c1nc(-c2ccccc2)nc(-c2ccccc2)n1. The highest BCUT2D eigenvalue weighted by Gasteiger charge is 2.21. The molecular formula is C51H32FN5. The van der Waals surface area contributed by atoms with Crippen molar-refractivity contribution in [3.63, 3.8) is 0 Å². The van der Waals surface area contributed by atoms with Crippen molar-refractivity contribution in [1.82, 2.24) is 24.1 Å². The van der Waals surface area contributed by atoms with Gasteiger partial charge in [-0.2, -0.15) is 0 Å². The molecule has 8 aromatic carbocycles. The van der Waals surface area contributed by atoms with Gasteiger partial charge >= 0.3 is 0 Å². The normalized spacial score (nSPS) is 11.6. The molecule has 6 heteroatoms. The van der Waals surface area contributed by atoms with Gasteiger partial charge in [0.15, 0.2) is 17.5 Å². The Kier molecular flexibility index (Phi) is 7.60. The fourth-order valence-electron chi connectivity index (χ4n) is 8.28. The Labute approximate surface area is 327 Å². The molecule has 11 rings (SSSR count). The molecule has 5 nitrogen and oxygen atoms in total. The Bertz CT molecular complexity index is 3200. The van der Waals surface area contributed by atoms with E-state index in [1.807, 2.05) is 78.9 Å². The lowest BCUT2D eigenvalue weighted by molar-refractivity contribution is 0.631. The summed E-state index contributed by atoms with van der Waals surface area (Å²) in [5.41, 5.74) is 9.94. The lowest BCUT2D eigenvalue weighted by Crippen LogP contribution is -2.03. The average molecular weight is 734 g/mol. The second kappa shape index (κ2) is 13.3. The summed E-state index contributed by atoms with van der Waals surface area (Å²) in [6, 6.07) is 65.2. The predicted octanol–water partition coefficient (Wildman–Crippen LogP) is 12.9. The highest BCUT2D eigenvalue weighted by atomic mass is 19.1. The van der Waals surface area contributed by atoms with E-state index in [4.69, 9.17) is 15.0 Å². The molecule has 0 N–H and O–H groups in total. The first-order valence-electron chi connectivity index (χ1n) is 19.0. The van der Waals surface area contributed by atoms with Gasteiger partial charge in [0.25, 0.3) is 0 Å². The van der Waals surface area contributed by atoms with Crippen molar-refractivity contribution in [3.8, 4) is 56.7 Å². The fraction of sp³-hybridized carbons (Fsp3) is 0. The summed E-state index contributed by atoms with van der Waals surface area (Å²) >= 11 is 0. The number of halogens is 1. The summed E-state index contributed by atoms with van der Waals surface area (Å²) in [6.45, 7) is 0. The molecule has 0 aliphatic heterocycles. The van der Waals surface area contributed by atoms with Crippen LogP contribution in [0.4, 0.5) is 4.39 Å². The van der Waals surface area contributed by atoms with Gasteiger partial charge in [0, 0.05) is 55.2 Å². The minimum Gasteiger partial charge on any atom is -0.309 e. The molecule has 0 aliphatic rings. The van der Waals surface area contributed by atoms with Crippen molar-refractivity contribution in [2.75, 3.05) is 0 Å². The van der Waals surface area contributed by atoms with Crippen molar-refractivity contribution in [1.29, 1.82) is 0 Å². The summed E-state index contributed by atoms with van der Waals surface area (Å²) in [5, 5.41) is 4.69. The van der Waals surface area contributed by atoms with Crippen molar-refractivity contribution >= 4 is 43.6 Å². The molecule has 0 atom stereocenters. The fourth-order valence-corrected chi connectivity index (χ4v) is 8.28.